The lowest BCUT2D eigenvalue weighted by Crippen LogP contribution is -2.28. The van der Waals surface area contributed by atoms with E-state index in [-0.39, 0.29) is 35.6 Å². The molecule has 0 radical (unpaired) electrons. The number of aliphatic imine (C=N–C) groups is 1. The molecule has 3 atom stereocenters. The maximum Gasteiger partial charge on any atom is 0.395 e. The SMILES string of the molecule is C=CNCC.CC=Nc1nc(C)c(C(C)(F)F)cc1C(=N)C1CC1(CC)C(F)(F)F.CCC(C)C1=CCC=C1. The summed E-state index contributed by atoms with van der Waals surface area (Å²) in [4.78, 5) is 7.95. The van der Waals surface area contributed by atoms with E-state index in [1.807, 2.05) is 6.92 Å². The van der Waals surface area contributed by atoms with Gasteiger partial charge in [-0.15, -0.1) is 0 Å². The van der Waals surface area contributed by atoms with E-state index in [0.29, 0.717) is 6.92 Å². The van der Waals surface area contributed by atoms with Crippen LogP contribution in [0.2, 0.25) is 0 Å². The average molecular weight is 555 g/mol. The molecule has 0 amide bonds. The highest BCUT2D eigenvalue weighted by molar-refractivity contribution is 6.06. The van der Waals surface area contributed by atoms with Crippen LogP contribution < -0.4 is 5.32 Å². The van der Waals surface area contributed by atoms with Crippen LogP contribution in [0.4, 0.5) is 27.8 Å². The molecule has 1 saturated carbocycles. The summed E-state index contributed by atoms with van der Waals surface area (Å²) in [7, 11) is 0. The third kappa shape index (κ3) is 8.83. The van der Waals surface area contributed by atoms with Gasteiger partial charge in [0.25, 0.3) is 5.92 Å². The van der Waals surface area contributed by atoms with E-state index in [9.17, 15) is 22.0 Å². The molecule has 3 unspecified atom stereocenters. The van der Waals surface area contributed by atoms with Crippen molar-refractivity contribution in [3.8, 4) is 0 Å². The van der Waals surface area contributed by atoms with Crippen molar-refractivity contribution >= 4 is 17.7 Å². The van der Waals surface area contributed by atoms with E-state index >= 15 is 0 Å². The van der Waals surface area contributed by atoms with Gasteiger partial charge in [0.2, 0.25) is 0 Å². The van der Waals surface area contributed by atoms with Gasteiger partial charge in [0.1, 0.15) is 0 Å². The summed E-state index contributed by atoms with van der Waals surface area (Å²) in [5.41, 5.74) is -1.20. The Morgan fingerprint density at radius 3 is 2.28 bits per heavy atom. The smallest absolute Gasteiger partial charge is 0.392 e. The summed E-state index contributed by atoms with van der Waals surface area (Å²) < 4.78 is 67.6. The van der Waals surface area contributed by atoms with Gasteiger partial charge in [-0.1, -0.05) is 45.6 Å². The molecule has 1 fully saturated rings. The van der Waals surface area contributed by atoms with Crippen molar-refractivity contribution in [3.63, 3.8) is 0 Å². The van der Waals surface area contributed by atoms with Crippen LogP contribution in [0.1, 0.15) is 84.0 Å². The Morgan fingerprint density at radius 1 is 1.28 bits per heavy atom. The number of pyridine rings is 1. The van der Waals surface area contributed by atoms with E-state index in [1.165, 1.54) is 32.1 Å². The highest BCUT2D eigenvalue weighted by Gasteiger charge is 2.70. The maximum atomic E-state index is 13.8. The highest BCUT2D eigenvalue weighted by atomic mass is 19.4. The topological polar surface area (TPSA) is 61.1 Å². The third-order valence-corrected chi connectivity index (χ3v) is 7.16. The summed E-state index contributed by atoms with van der Waals surface area (Å²) in [5, 5.41) is 11.1. The number of rotatable bonds is 9. The summed E-state index contributed by atoms with van der Waals surface area (Å²) in [6.45, 7) is 16.0. The quantitative estimate of drug-likeness (QED) is 0.236. The molecular weight excluding hydrogens is 511 g/mol. The predicted molar refractivity (Wildman–Crippen MR) is 151 cm³/mol. The zero-order valence-electron chi connectivity index (χ0n) is 24.1. The van der Waals surface area contributed by atoms with Gasteiger partial charge in [0.05, 0.1) is 5.41 Å². The molecule has 1 aromatic heterocycles. The normalized spacial score (nSPS) is 20.8. The van der Waals surface area contributed by atoms with Gasteiger partial charge in [-0.3, -0.25) is 0 Å². The zero-order chi connectivity index (χ0) is 30.0. The number of aryl methyl sites for hydroxylation is 1. The van der Waals surface area contributed by atoms with Crippen molar-refractivity contribution in [1.82, 2.24) is 10.3 Å². The van der Waals surface area contributed by atoms with Crippen molar-refractivity contribution < 1.29 is 22.0 Å². The predicted octanol–water partition coefficient (Wildman–Crippen LogP) is 9.23. The molecule has 1 aromatic rings. The Balaban J connectivity index is 0.000000444. The second kappa shape index (κ2) is 14.5. The third-order valence-electron chi connectivity index (χ3n) is 7.16. The first kappa shape index (κ1) is 34.2. The minimum absolute atomic E-state index is 0.00271. The zero-order valence-corrected chi connectivity index (χ0v) is 24.1. The van der Waals surface area contributed by atoms with Crippen LogP contribution in [0.15, 0.2) is 47.6 Å². The van der Waals surface area contributed by atoms with Gasteiger partial charge in [-0.05, 0) is 70.2 Å². The highest BCUT2D eigenvalue weighted by Crippen LogP contribution is 2.65. The van der Waals surface area contributed by atoms with Crippen molar-refractivity contribution in [3.05, 3.63) is 59.5 Å². The summed E-state index contributed by atoms with van der Waals surface area (Å²) in [5.74, 6) is -3.51. The molecule has 2 aliphatic carbocycles. The molecular formula is C30H43F5N4. The number of aromatic nitrogens is 1. The molecule has 3 rings (SSSR count). The average Bonchev–Trinajstić information content (AvgIpc) is 3.39. The molecule has 218 valence electrons. The van der Waals surface area contributed by atoms with E-state index in [2.05, 4.69) is 53.9 Å². The molecule has 0 saturated heterocycles. The molecule has 1 heterocycles. The lowest BCUT2D eigenvalue weighted by Gasteiger charge is -2.21. The van der Waals surface area contributed by atoms with E-state index < -0.39 is 29.0 Å². The maximum absolute atomic E-state index is 13.8. The number of alkyl halides is 5. The van der Waals surface area contributed by atoms with Crippen LogP contribution in [0.3, 0.4) is 0 Å². The van der Waals surface area contributed by atoms with E-state index in [4.69, 9.17) is 5.41 Å². The van der Waals surface area contributed by atoms with Crippen LogP contribution in [0, 0.1) is 29.6 Å². The molecule has 39 heavy (non-hydrogen) atoms. The fourth-order valence-corrected chi connectivity index (χ4v) is 4.45. The first-order valence-corrected chi connectivity index (χ1v) is 13.4. The van der Waals surface area contributed by atoms with Gasteiger partial charge < -0.3 is 10.7 Å². The first-order valence-electron chi connectivity index (χ1n) is 13.4. The second-order valence-electron chi connectivity index (χ2n) is 9.86. The summed E-state index contributed by atoms with van der Waals surface area (Å²) in [6.07, 6.45) is 7.42. The van der Waals surface area contributed by atoms with Crippen molar-refractivity contribution in [2.24, 2.45) is 22.2 Å². The van der Waals surface area contributed by atoms with Crippen LogP contribution in [-0.4, -0.2) is 29.6 Å². The van der Waals surface area contributed by atoms with Crippen LogP contribution >= 0.6 is 0 Å². The molecule has 0 bridgehead atoms. The Morgan fingerprint density at radius 2 is 1.92 bits per heavy atom. The second-order valence-corrected chi connectivity index (χ2v) is 9.86. The van der Waals surface area contributed by atoms with Gasteiger partial charge in [-0.25, -0.2) is 18.8 Å². The lowest BCUT2D eigenvalue weighted by atomic mass is 9.93. The molecule has 2 aliphatic rings. The Bertz CT molecular complexity index is 1070. The largest absolute Gasteiger partial charge is 0.395 e. The minimum Gasteiger partial charge on any atom is -0.392 e. The van der Waals surface area contributed by atoms with Crippen molar-refractivity contribution in [2.75, 3.05) is 6.54 Å². The summed E-state index contributed by atoms with van der Waals surface area (Å²) >= 11 is 0. The number of hydrogen-bond donors (Lipinski definition) is 2. The minimum atomic E-state index is -4.44. The number of nitrogens with zero attached hydrogens (tertiary/aromatic N) is 2. The molecule has 9 heteroatoms. The number of hydrogen-bond acceptors (Lipinski definition) is 4. The van der Waals surface area contributed by atoms with Gasteiger partial charge >= 0.3 is 6.18 Å². The fraction of sp³-hybridized carbons (Fsp3) is 0.567. The number of nitrogens with one attached hydrogen (secondary N) is 2. The van der Waals surface area contributed by atoms with Gasteiger partial charge in [0, 0.05) is 48.1 Å². The number of allylic oxidation sites excluding steroid dienone is 4. The Hall–Kier alpha value is -2.84. The Kier molecular flexibility index (Phi) is 12.7. The van der Waals surface area contributed by atoms with E-state index in [0.717, 1.165) is 24.9 Å². The van der Waals surface area contributed by atoms with Crippen molar-refractivity contribution in [2.45, 2.75) is 86.2 Å². The van der Waals surface area contributed by atoms with Gasteiger partial charge in [0.15, 0.2) is 5.82 Å². The monoisotopic (exact) mass is 554 g/mol. The molecule has 2 N–H and O–H groups in total. The van der Waals surface area contributed by atoms with Crippen LogP contribution in [0.25, 0.3) is 0 Å². The van der Waals surface area contributed by atoms with Crippen LogP contribution in [0.5, 0.6) is 0 Å². The Labute approximate surface area is 230 Å². The molecule has 0 aliphatic heterocycles. The standard InChI is InChI=1S/C17H20F5N3.C9H14.C4H9N/c1-5-16(17(20,21)22)8-12(16)13(23)10-7-11(15(4,18)19)9(3)25-14(10)24-6-2;1-3-8(2)9-6-4-5-7-9;1-3-5-4-2/h6-7,12,23H,5,8H2,1-4H3;4,6-8H,3,5H2,1-2H3;3,5H,1,4H2,2H3. The van der Waals surface area contributed by atoms with E-state index in [1.54, 1.807) is 13.1 Å². The lowest BCUT2D eigenvalue weighted by molar-refractivity contribution is -0.190. The molecule has 4 nitrogen and oxygen atoms in total. The van der Waals surface area contributed by atoms with Crippen LogP contribution in [-0.2, 0) is 5.92 Å². The fourth-order valence-electron chi connectivity index (χ4n) is 4.45. The molecule has 0 spiro atoms. The summed E-state index contributed by atoms with van der Waals surface area (Å²) in [6, 6.07) is 1.06. The first-order chi connectivity index (χ1) is 18.1. The van der Waals surface area contributed by atoms with Crippen molar-refractivity contribution in [1.29, 1.82) is 5.41 Å². The van der Waals surface area contributed by atoms with Gasteiger partial charge in [-0.2, -0.15) is 13.2 Å². The number of halogens is 5. The molecule has 0 aromatic carbocycles.